The first kappa shape index (κ1) is 16.0. The number of carbonyl (C=O) groups excluding carboxylic acids is 1. The van der Waals surface area contributed by atoms with Gasteiger partial charge in [0.05, 0.1) is 0 Å². The summed E-state index contributed by atoms with van der Waals surface area (Å²) in [5, 5.41) is 8.57. The van der Waals surface area contributed by atoms with Crippen LogP contribution in [0.2, 0.25) is 0 Å². The molecule has 0 bridgehead atoms. The van der Waals surface area contributed by atoms with Crippen LogP contribution in [0.4, 0.5) is 0 Å². The van der Waals surface area contributed by atoms with Crippen molar-refractivity contribution in [1.29, 1.82) is 0 Å². The van der Waals surface area contributed by atoms with Gasteiger partial charge in [0.25, 0.3) is 0 Å². The molecule has 0 atom stereocenters. The number of aryl methyl sites for hydroxylation is 2. The summed E-state index contributed by atoms with van der Waals surface area (Å²) in [4.78, 5) is 21.8. The Kier molecular flexibility index (Phi) is 6.50. The summed E-state index contributed by atoms with van der Waals surface area (Å²) in [5.41, 5.74) is 1.87. The highest BCUT2D eigenvalue weighted by Crippen LogP contribution is 2.25. The summed E-state index contributed by atoms with van der Waals surface area (Å²) >= 11 is 0. The maximum absolute atomic E-state index is 11.3. The van der Waals surface area contributed by atoms with E-state index < -0.39 is 11.9 Å². The number of unbranched alkanes of at least 4 members (excludes halogenated alkanes) is 2. The first-order valence-corrected chi connectivity index (χ1v) is 6.69. The quantitative estimate of drug-likeness (QED) is 0.342. The molecule has 1 rings (SSSR count). The molecule has 1 aromatic carbocycles. The number of hydrogen-bond donors (Lipinski definition) is 1. The molecule has 108 valence electrons. The van der Waals surface area contributed by atoms with Crippen LogP contribution in [0, 0.1) is 6.92 Å². The van der Waals surface area contributed by atoms with E-state index in [1.54, 1.807) is 0 Å². The molecule has 1 N–H and O–H groups in total. The van der Waals surface area contributed by atoms with Gasteiger partial charge >= 0.3 is 11.9 Å². The fraction of sp³-hybridized carbons (Fsp3) is 0.375. The lowest BCUT2D eigenvalue weighted by molar-refractivity contribution is -0.137. The van der Waals surface area contributed by atoms with Gasteiger partial charge < -0.3 is 9.84 Å². The predicted octanol–water partition coefficient (Wildman–Crippen LogP) is 3.27. The van der Waals surface area contributed by atoms with Crippen molar-refractivity contribution in [3.05, 3.63) is 42.0 Å². The number of rotatable bonds is 8. The van der Waals surface area contributed by atoms with Crippen LogP contribution in [-0.4, -0.2) is 17.0 Å². The molecule has 0 aromatic heterocycles. The average Bonchev–Trinajstić information content (AvgIpc) is 2.41. The van der Waals surface area contributed by atoms with Gasteiger partial charge in [0.2, 0.25) is 0 Å². The predicted molar refractivity (Wildman–Crippen MR) is 76.8 cm³/mol. The molecular formula is C16H20O4. The van der Waals surface area contributed by atoms with Crippen LogP contribution in [0.1, 0.15) is 36.8 Å². The lowest BCUT2D eigenvalue weighted by Crippen LogP contribution is -2.07. The van der Waals surface area contributed by atoms with E-state index >= 15 is 0 Å². The molecule has 0 saturated carbocycles. The Morgan fingerprint density at radius 2 is 2.05 bits per heavy atom. The summed E-state index contributed by atoms with van der Waals surface area (Å²) in [5.74, 6) is -0.636. The third-order valence-electron chi connectivity index (χ3n) is 3.00. The molecule has 0 aliphatic rings. The van der Waals surface area contributed by atoms with Crippen LogP contribution in [0.3, 0.4) is 0 Å². The highest BCUT2D eigenvalue weighted by atomic mass is 16.5. The van der Waals surface area contributed by atoms with Crippen LogP contribution in [-0.2, 0) is 16.0 Å². The number of hydrogen-bond acceptors (Lipinski definition) is 3. The van der Waals surface area contributed by atoms with Gasteiger partial charge in [0, 0.05) is 12.5 Å². The van der Waals surface area contributed by atoms with Gasteiger partial charge in [-0.15, -0.1) is 0 Å². The highest BCUT2D eigenvalue weighted by molar-refractivity contribution is 5.83. The Labute approximate surface area is 119 Å². The van der Waals surface area contributed by atoms with Gasteiger partial charge in [-0.3, -0.25) is 4.79 Å². The monoisotopic (exact) mass is 276 g/mol. The third-order valence-corrected chi connectivity index (χ3v) is 3.00. The minimum absolute atomic E-state index is 0.201. The zero-order valence-corrected chi connectivity index (χ0v) is 11.7. The molecule has 0 fully saturated rings. The number of para-hydroxylation sites is 1. The van der Waals surface area contributed by atoms with Gasteiger partial charge in [-0.1, -0.05) is 31.2 Å². The van der Waals surface area contributed by atoms with E-state index in [2.05, 4.69) is 6.58 Å². The number of carbonyl (C=O) groups is 2. The Morgan fingerprint density at radius 3 is 2.70 bits per heavy atom. The molecule has 0 radical (unpaired) electrons. The Morgan fingerprint density at radius 1 is 1.30 bits per heavy atom. The Bertz CT molecular complexity index is 491. The Balaban J connectivity index is 2.60. The first-order valence-electron chi connectivity index (χ1n) is 6.69. The van der Waals surface area contributed by atoms with E-state index in [9.17, 15) is 9.59 Å². The largest absolute Gasteiger partial charge is 0.481 e. The number of carboxylic acid groups (broad SMARTS) is 1. The van der Waals surface area contributed by atoms with Gasteiger partial charge in [-0.25, -0.2) is 4.79 Å². The van der Waals surface area contributed by atoms with Crippen LogP contribution in [0.25, 0.3) is 0 Å². The highest BCUT2D eigenvalue weighted by Gasteiger charge is 2.10. The fourth-order valence-electron chi connectivity index (χ4n) is 1.97. The van der Waals surface area contributed by atoms with Crippen molar-refractivity contribution in [2.24, 2.45) is 0 Å². The average molecular weight is 276 g/mol. The zero-order chi connectivity index (χ0) is 15.0. The van der Waals surface area contributed by atoms with Crippen LogP contribution in [0.15, 0.2) is 30.9 Å². The third kappa shape index (κ3) is 5.26. The van der Waals surface area contributed by atoms with E-state index in [4.69, 9.17) is 9.84 Å². The molecule has 1 aromatic rings. The number of ether oxygens (including phenoxy) is 1. The second kappa shape index (κ2) is 8.15. The molecule has 0 heterocycles. The zero-order valence-electron chi connectivity index (χ0n) is 11.7. The van der Waals surface area contributed by atoms with Gasteiger partial charge in [-0.05, 0) is 37.3 Å². The van der Waals surface area contributed by atoms with Crippen molar-refractivity contribution < 1.29 is 19.4 Å². The maximum atomic E-state index is 11.3. The molecule has 4 nitrogen and oxygen atoms in total. The second-order valence-electron chi connectivity index (χ2n) is 4.64. The summed E-state index contributed by atoms with van der Waals surface area (Å²) in [7, 11) is 0. The van der Waals surface area contributed by atoms with Gasteiger partial charge in [-0.2, -0.15) is 0 Å². The molecular weight excluding hydrogens is 256 g/mol. The summed E-state index contributed by atoms with van der Waals surface area (Å²) < 4.78 is 5.27. The molecule has 0 saturated heterocycles. The molecule has 20 heavy (non-hydrogen) atoms. The van der Waals surface area contributed by atoms with Gasteiger partial charge in [0.15, 0.2) is 0 Å². The molecule has 0 aliphatic carbocycles. The smallest absolute Gasteiger partial charge is 0.335 e. The van der Waals surface area contributed by atoms with E-state index in [0.29, 0.717) is 12.2 Å². The molecule has 4 heteroatoms. The van der Waals surface area contributed by atoms with Crippen molar-refractivity contribution in [3.8, 4) is 5.75 Å². The molecule has 0 amide bonds. The number of aliphatic carboxylic acids is 1. The molecule has 0 unspecified atom stereocenters. The minimum atomic E-state index is -0.763. The normalized spacial score (nSPS) is 10.1. The number of esters is 1. The first-order chi connectivity index (χ1) is 9.54. The lowest BCUT2D eigenvalue weighted by Gasteiger charge is -2.11. The Hall–Kier alpha value is -2.10. The summed E-state index contributed by atoms with van der Waals surface area (Å²) in [6, 6.07) is 5.74. The van der Waals surface area contributed by atoms with Crippen molar-refractivity contribution in [2.45, 2.75) is 39.0 Å². The van der Waals surface area contributed by atoms with Crippen LogP contribution < -0.4 is 4.74 Å². The molecule has 0 aliphatic heterocycles. The SMILES string of the molecule is C=CC(=O)Oc1c(C)cccc1CCCCCC(=O)O. The van der Waals surface area contributed by atoms with Crippen molar-refractivity contribution in [2.75, 3.05) is 0 Å². The van der Waals surface area contributed by atoms with E-state index in [1.165, 1.54) is 0 Å². The van der Waals surface area contributed by atoms with Crippen LogP contribution in [0.5, 0.6) is 5.75 Å². The van der Waals surface area contributed by atoms with Crippen molar-refractivity contribution in [1.82, 2.24) is 0 Å². The second-order valence-corrected chi connectivity index (χ2v) is 4.64. The maximum Gasteiger partial charge on any atom is 0.335 e. The number of carboxylic acids is 1. The van der Waals surface area contributed by atoms with Crippen molar-refractivity contribution in [3.63, 3.8) is 0 Å². The molecule has 0 spiro atoms. The topological polar surface area (TPSA) is 63.6 Å². The fourth-order valence-corrected chi connectivity index (χ4v) is 1.97. The standard InChI is InChI=1S/C16H20O4/c1-3-15(19)20-16-12(2)8-7-10-13(16)9-5-4-6-11-14(17)18/h3,7-8,10H,1,4-6,9,11H2,2H3,(H,17,18). The van der Waals surface area contributed by atoms with Crippen molar-refractivity contribution >= 4 is 11.9 Å². The van der Waals surface area contributed by atoms with E-state index in [-0.39, 0.29) is 6.42 Å². The van der Waals surface area contributed by atoms with E-state index in [0.717, 1.165) is 36.5 Å². The number of benzene rings is 1. The van der Waals surface area contributed by atoms with Gasteiger partial charge in [0.1, 0.15) is 5.75 Å². The van der Waals surface area contributed by atoms with Crippen LogP contribution >= 0.6 is 0 Å². The lowest BCUT2D eigenvalue weighted by atomic mass is 10.0. The summed E-state index contributed by atoms with van der Waals surface area (Å²) in [6.45, 7) is 5.28. The minimum Gasteiger partial charge on any atom is -0.481 e. The summed E-state index contributed by atoms with van der Waals surface area (Å²) in [6.07, 6.45) is 4.49. The van der Waals surface area contributed by atoms with E-state index in [1.807, 2.05) is 25.1 Å².